The molecule has 0 fully saturated rings. The molecule has 4 rings (SSSR count). The van der Waals surface area contributed by atoms with E-state index in [1.54, 1.807) is 15.5 Å². The van der Waals surface area contributed by atoms with E-state index in [1.165, 1.54) is 0 Å². The average Bonchev–Trinajstić information content (AvgIpc) is 3.02. The molecule has 0 aliphatic carbocycles. The highest BCUT2D eigenvalue weighted by Gasteiger charge is 2.23. The Hall–Kier alpha value is -3.75. The summed E-state index contributed by atoms with van der Waals surface area (Å²) in [4.78, 5) is 34.1. The third-order valence-corrected chi connectivity index (χ3v) is 4.94. The van der Waals surface area contributed by atoms with E-state index < -0.39 is 11.7 Å². The minimum absolute atomic E-state index is 0.207. The predicted octanol–water partition coefficient (Wildman–Crippen LogP) is 3.44. The maximum atomic E-state index is 12.9. The van der Waals surface area contributed by atoms with Crippen molar-refractivity contribution in [3.8, 4) is 5.88 Å². The van der Waals surface area contributed by atoms with Crippen LogP contribution in [0.25, 0.3) is 11.0 Å². The van der Waals surface area contributed by atoms with Crippen LogP contribution in [0.3, 0.4) is 0 Å². The van der Waals surface area contributed by atoms with Crippen LogP contribution in [0, 0.1) is 0 Å². The number of aromatic amines is 1. The van der Waals surface area contributed by atoms with Crippen LogP contribution in [0.5, 0.6) is 5.88 Å². The molecule has 0 saturated carbocycles. The van der Waals surface area contributed by atoms with Gasteiger partial charge in [-0.3, -0.25) is 9.47 Å². The van der Waals surface area contributed by atoms with Crippen molar-refractivity contribution in [1.82, 2.24) is 14.5 Å². The maximum absolute atomic E-state index is 12.9. The number of benzene rings is 1. The van der Waals surface area contributed by atoms with Crippen molar-refractivity contribution in [3.05, 3.63) is 58.5 Å². The Labute approximate surface area is 185 Å². The van der Waals surface area contributed by atoms with Crippen molar-refractivity contribution in [2.45, 2.75) is 39.3 Å². The van der Waals surface area contributed by atoms with Gasteiger partial charge in [0.2, 0.25) is 5.88 Å². The highest BCUT2D eigenvalue weighted by Crippen LogP contribution is 2.24. The topological polar surface area (TPSA) is 115 Å². The molecule has 32 heavy (non-hydrogen) atoms. The number of hydrogen-bond acceptors (Lipinski definition) is 6. The molecule has 3 heterocycles. The normalized spacial score (nSPS) is 14.7. The van der Waals surface area contributed by atoms with Crippen LogP contribution in [0.4, 0.5) is 16.3 Å². The second kappa shape index (κ2) is 8.41. The average molecular weight is 438 g/mol. The summed E-state index contributed by atoms with van der Waals surface area (Å²) >= 11 is 0. The smallest absolute Gasteiger partial charge is 0.415 e. The maximum Gasteiger partial charge on any atom is 0.415 e. The second-order valence-corrected chi connectivity index (χ2v) is 8.63. The van der Waals surface area contributed by atoms with Crippen LogP contribution in [-0.2, 0) is 11.3 Å². The first-order chi connectivity index (χ1) is 15.2. The highest BCUT2D eigenvalue weighted by molar-refractivity contribution is 5.88. The fourth-order valence-electron chi connectivity index (χ4n) is 3.52. The lowest BCUT2D eigenvalue weighted by Crippen LogP contribution is -2.37. The van der Waals surface area contributed by atoms with Crippen molar-refractivity contribution < 1.29 is 14.3 Å². The predicted molar refractivity (Wildman–Crippen MR) is 123 cm³/mol. The molecule has 0 atom stereocenters. The minimum Gasteiger partial charge on any atom is -0.477 e. The number of ether oxygens (including phenoxy) is 2. The Morgan fingerprint density at radius 2 is 2.06 bits per heavy atom. The van der Waals surface area contributed by atoms with E-state index in [9.17, 15) is 9.59 Å². The quantitative estimate of drug-likeness (QED) is 0.521. The molecule has 9 nitrogen and oxygen atoms in total. The zero-order chi connectivity index (χ0) is 22.9. The second-order valence-electron chi connectivity index (χ2n) is 8.63. The number of nitrogen functional groups attached to an aromatic ring is 1. The Balaban J connectivity index is 1.78. The number of fused-ring (bicyclic) bond motifs is 3. The molecule has 0 spiro atoms. The van der Waals surface area contributed by atoms with Crippen LogP contribution in [0.1, 0.15) is 32.8 Å². The van der Waals surface area contributed by atoms with E-state index in [0.29, 0.717) is 42.2 Å². The molecule has 1 amide bonds. The van der Waals surface area contributed by atoms with Gasteiger partial charge in [-0.15, -0.1) is 0 Å². The first-order valence-electron chi connectivity index (χ1n) is 10.5. The van der Waals surface area contributed by atoms with E-state index in [-0.39, 0.29) is 18.1 Å². The van der Waals surface area contributed by atoms with Gasteiger partial charge in [0.25, 0.3) is 0 Å². The monoisotopic (exact) mass is 437 g/mol. The number of nitrogens with zero attached hydrogens (tertiary/aromatic N) is 3. The molecule has 3 aromatic rings. The molecule has 1 aliphatic heterocycles. The first kappa shape index (κ1) is 21.5. The van der Waals surface area contributed by atoms with Crippen molar-refractivity contribution in [3.63, 3.8) is 0 Å². The SMILES string of the molecule is CC(C)(C)OC(=O)N1CC=CCCOc2cc3c([nH]c(=O)n3Cc3cccc1c3)c(N)n2. The van der Waals surface area contributed by atoms with Crippen LogP contribution >= 0.6 is 0 Å². The summed E-state index contributed by atoms with van der Waals surface area (Å²) in [6.45, 7) is 6.50. The van der Waals surface area contributed by atoms with Crippen molar-refractivity contribution in [1.29, 1.82) is 0 Å². The number of carbonyl (C=O) groups excluding carboxylic acids is 1. The van der Waals surface area contributed by atoms with E-state index in [0.717, 1.165) is 5.56 Å². The molecule has 0 radical (unpaired) electrons. The summed E-state index contributed by atoms with van der Waals surface area (Å²) in [7, 11) is 0. The number of carbonyl (C=O) groups is 1. The molecule has 0 saturated heterocycles. The number of pyridine rings is 1. The summed E-state index contributed by atoms with van der Waals surface area (Å²) in [5.41, 5.74) is 7.74. The molecule has 9 heteroatoms. The van der Waals surface area contributed by atoms with Gasteiger partial charge in [-0.2, -0.15) is 4.98 Å². The number of imidazole rings is 1. The fraction of sp³-hybridized carbons (Fsp3) is 0.348. The number of anilines is 2. The summed E-state index contributed by atoms with van der Waals surface area (Å²) in [5, 5.41) is 0. The van der Waals surface area contributed by atoms with Gasteiger partial charge in [-0.05, 0) is 44.9 Å². The number of rotatable bonds is 0. The van der Waals surface area contributed by atoms with E-state index in [2.05, 4.69) is 9.97 Å². The molecule has 3 N–H and O–H groups in total. The number of nitrogens with two attached hydrogens (primary N) is 1. The summed E-state index contributed by atoms with van der Waals surface area (Å²) in [6, 6.07) is 9.20. The molecule has 2 aromatic heterocycles. The minimum atomic E-state index is -0.621. The van der Waals surface area contributed by atoms with Gasteiger partial charge in [-0.1, -0.05) is 24.3 Å². The molecule has 0 unspecified atom stereocenters. The first-order valence-corrected chi connectivity index (χ1v) is 10.5. The molecule has 168 valence electrons. The number of H-pyrrole nitrogens is 1. The number of amides is 1. The van der Waals surface area contributed by atoms with Gasteiger partial charge >= 0.3 is 11.8 Å². The number of nitrogens with one attached hydrogen (secondary N) is 1. The fourth-order valence-corrected chi connectivity index (χ4v) is 3.52. The van der Waals surface area contributed by atoms with Crippen LogP contribution < -0.4 is 21.1 Å². The highest BCUT2D eigenvalue weighted by atomic mass is 16.6. The number of hydrogen-bond donors (Lipinski definition) is 2. The largest absolute Gasteiger partial charge is 0.477 e. The molecule has 1 aromatic carbocycles. The van der Waals surface area contributed by atoms with Crippen molar-refractivity contribution in [2.24, 2.45) is 0 Å². The Bertz CT molecular complexity index is 1240. The van der Waals surface area contributed by atoms with Crippen LogP contribution in [0.2, 0.25) is 0 Å². The van der Waals surface area contributed by atoms with Gasteiger partial charge in [0, 0.05) is 18.3 Å². The Kier molecular flexibility index (Phi) is 5.65. The summed E-state index contributed by atoms with van der Waals surface area (Å²) in [6.07, 6.45) is 4.01. The van der Waals surface area contributed by atoms with Crippen LogP contribution in [0.15, 0.2) is 47.3 Å². The van der Waals surface area contributed by atoms with Crippen molar-refractivity contribution >= 4 is 28.6 Å². The molecular formula is C23H27N5O4. The standard InChI is InChI=1S/C23H27N5O4/c1-23(2,3)32-22(30)27-10-5-4-6-11-31-18-13-17-19(20(24)25-18)26-21(29)28(17)14-15-8-7-9-16(27)12-15/h4-5,7-9,12-13H,6,10-11,14H2,1-3H3,(H2,24,25)(H,26,29). The molecule has 4 bridgehead atoms. The summed E-state index contributed by atoms with van der Waals surface area (Å²) < 4.78 is 12.9. The lowest BCUT2D eigenvalue weighted by molar-refractivity contribution is 0.0584. The Morgan fingerprint density at radius 1 is 1.25 bits per heavy atom. The van der Waals surface area contributed by atoms with E-state index in [4.69, 9.17) is 15.2 Å². The van der Waals surface area contributed by atoms with E-state index >= 15 is 0 Å². The lowest BCUT2D eigenvalue weighted by atomic mass is 10.1. The van der Waals surface area contributed by atoms with Gasteiger partial charge in [-0.25, -0.2) is 9.59 Å². The van der Waals surface area contributed by atoms with Crippen molar-refractivity contribution in [2.75, 3.05) is 23.8 Å². The van der Waals surface area contributed by atoms with E-state index in [1.807, 2.05) is 57.2 Å². The third-order valence-electron chi connectivity index (χ3n) is 4.94. The zero-order valence-electron chi connectivity index (χ0n) is 18.4. The summed E-state index contributed by atoms with van der Waals surface area (Å²) in [5.74, 6) is 0.563. The van der Waals surface area contributed by atoms with Gasteiger partial charge in [0.15, 0.2) is 5.82 Å². The molecular weight excluding hydrogens is 410 g/mol. The lowest BCUT2D eigenvalue weighted by Gasteiger charge is -2.27. The van der Waals surface area contributed by atoms with Gasteiger partial charge in [0.05, 0.1) is 18.7 Å². The van der Waals surface area contributed by atoms with Gasteiger partial charge in [0.1, 0.15) is 11.1 Å². The zero-order valence-corrected chi connectivity index (χ0v) is 18.4. The Morgan fingerprint density at radius 3 is 2.84 bits per heavy atom. The molecule has 1 aliphatic rings. The number of aromatic nitrogens is 3. The van der Waals surface area contributed by atoms with Crippen LogP contribution in [-0.4, -0.2) is 39.4 Å². The van der Waals surface area contributed by atoms with Gasteiger partial charge < -0.3 is 20.2 Å². The third kappa shape index (κ3) is 4.61.